The Labute approximate surface area is 248 Å². The molecule has 42 heavy (non-hydrogen) atoms. The van der Waals surface area contributed by atoms with Crippen LogP contribution in [0, 0.1) is 0 Å². The molecule has 0 atom stereocenters. The molecular formula is C30H36O10S2. The van der Waals surface area contributed by atoms with Crippen molar-refractivity contribution in [2.24, 2.45) is 0 Å². The summed E-state index contributed by atoms with van der Waals surface area (Å²) < 4.78 is 81.9. The van der Waals surface area contributed by atoms with Gasteiger partial charge in [0.1, 0.15) is 18.1 Å². The molecule has 0 saturated heterocycles. The van der Waals surface area contributed by atoms with Crippen LogP contribution in [0.3, 0.4) is 0 Å². The van der Waals surface area contributed by atoms with E-state index in [4.69, 9.17) is 27.3 Å². The van der Waals surface area contributed by atoms with E-state index in [0.29, 0.717) is 40.4 Å². The minimum absolute atomic E-state index is 0.0977. The largest absolute Gasteiger partial charge is 0.496 e. The Morgan fingerprint density at radius 3 is 1.90 bits per heavy atom. The van der Waals surface area contributed by atoms with Gasteiger partial charge in [-0.25, -0.2) is 0 Å². The molecule has 0 aliphatic rings. The first-order valence-corrected chi connectivity index (χ1v) is 16.5. The Morgan fingerprint density at radius 2 is 1.38 bits per heavy atom. The number of hydrogen-bond acceptors (Lipinski definition) is 10. The highest BCUT2D eigenvalue weighted by atomic mass is 32.2. The van der Waals surface area contributed by atoms with Crippen LogP contribution in [0.4, 0.5) is 0 Å². The standard InChI is InChI=1S/C30H36O10S2/c1-19(2)15-16-37-25-14-11-22(17-26(25)38-20(3)4)28-27(35-5)18-24(29(36-6)30(28)40-42(8,33)34)21-9-12-23(13-10-21)39-41(7,31)32/h9-15,17-18,20H,16H2,1-8H3. The topological polar surface area (TPSA) is 124 Å². The molecule has 0 aliphatic carbocycles. The highest BCUT2D eigenvalue weighted by molar-refractivity contribution is 7.86. The maximum atomic E-state index is 12.5. The highest BCUT2D eigenvalue weighted by Crippen LogP contribution is 2.51. The van der Waals surface area contributed by atoms with Gasteiger partial charge >= 0.3 is 20.2 Å². The number of methoxy groups -OCH3 is 2. The summed E-state index contributed by atoms with van der Waals surface area (Å²) >= 11 is 0. The van der Waals surface area contributed by atoms with E-state index < -0.39 is 20.2 Å². The first-order chi connectivity index (χ1) is 19.6. The van der Waals surface area contributed by atoms with Crippen LogP contribution in [0.25, 0.3) is 22.3 Å². The average Bonchev–Trinajstić information content (AvgIpc) is 2.87. The van der Waals surface area contributed by atoms with Gasteiger partial charge in [0, 0.05) is 5.56 Å². The summed E-state index contributed by atoms with van der Waals surface area (Å²) in [4.78, 5) is 0. The van der Waals surface area contributed by atoms with Crippen LogP contribution in [0.15, 0.2) is 60.2 Å². The molecule has 0 spiro atoms. The first kappa shape index (κ1) is 32.6. The van der Waals surface area contributed by atoms with Gasteiger partial charge in [0.2, 0.25) is 0 Å². The molecule has 12 heteroatoms. The molecule has 228 valence electrons. The summed E-state index contributed by atoms with van der Waals surface area (Å²) in [6.45, 7) is 8.06. The molecule has 3 rings (SSSR count). The lowest BCUT2D eigenvalue weighted by Crippen LogP contribution is -2.10. The molecule has 10 nitrogen and oxygen atoms in total. The minimum Gasteiger partial charge on any atom is -0.496 e. The Morgan fingerprint density at radius 1 is 0.762 bits per heavy atom. The molecule has 0 fully saturated rings. The number of hydrogen-bond donors (Lipinski definition) is 0. The van der Waals surface area contributed by atoms with Gasteiger partial charge in [0.25, 0.3) is 0 Å². The Bertz CT molecular complexity index is 1650. The summed E-state index contributed by atoms with van der Waals surface area (Å²) in [5.74, 6) is 1.37. The maximum absolute atomic E-state index is 12.5. The predicted molar refractivity (Wildman–Crippen MR) is 162 cm³/mol. The smallest absolute Gasteiger partial charge is 0.306 e. The second-order valence-corrected chi connectivity index (χ2v) is 13.0. The number of rotatable bonds is 13. The van der Waals surface area contributed by atoms with Crippen LogP contribution in [0.5, 0.6) is 34.5 Å². The Hall–Kier alpha value is -3.90. The third kappa shape index (κ3) is 8.80. The summed E-state index contributed by atoms with van der Waals surface area (Å²) in [5.41, 5.74) is 2.93. The molecule has 0 aromatic heterocycles. The quantitative estimate of drug-likeness (QED) is 0.170. The number of benzene rings is 3. The first-order valence-electron chi connectivity index (χ1n) is 12.9. The normalized spacial score (nSPS) is 11.5. The summed E-state index contributed by atoms with van der Waals surface area (Å²) in [6, 6.07) is 13.0. The van der Waals surface area contributed by atoms with E-state index in [2.05, 4.69) is 0 Å². The van der Waals surface area contributed by atoms with Crippen LogP contribution in [0.2, 0.25) is 0 Å². The molecular weight excluding hydrogens is 584 g/mol. The van der Waals surface area contributed by atoms with Crippen molar-refractivity contribution in [2.75, 3.05) is 33.3 Å². The van der Waals surface area contributed by atoms with Crippen LogP contribution in [-0.4, -0.2) is 56.3 Å². The van der Waals surface area contributed by atoms with Gasteiger partial charge in [-0.1, -0.05) is 23.8 Å². The number of ether oxygens (including phenoxy) is 4. The van der Waals surface area contributed by atoms with E-state index in [0.717, 1.165) is 18.1 Å². The lowest BCUT2D eigenvalue weighted by molar-refractivity contribution is 0.226. The van der Waals surface area contributed by atoms with Crippen molar-refractivity contribution in [1.82, 2.24) is 0 Å². The van der Waals surface area contributed by atoms with E-state index in [-0.39, 0.29) is 29.1 Å². The summed E-state index contributed by atoms with van der Waals surface area (Å²) in [5, 5.41) is 0. The molecule has 3 aromatic carbocycles. The van der Waals surface area contributed by atoms with Gasteiger partial charge in [-0.05, 0) is 75.2 Å². The zero-order valence-electron chi connectivity index (χ0n) is 24.9. The lowest BCUT2D eigenvalue weighted by Gasteiger charge is -2.22. The molecule has 0 bridgehead atoms. The zero-order valence-corrected chi connectivity index (χ0v) is 26.5. The molecule has 0 heterocycles. The fourth-order valence-corrected chi connectivity index (χ4v) is 4.91. The van der Waals surface area contributed by atoms with Crippen molar-refractivity contribution < 1.29 is 44.1 Å². The van der Waals surface area contributed by atoms with Gasteiger partial charge in [-0.2, -0.15) is 16.8 Å². The predicted octanol–water partition coefficient (Wildman–Crippen LogP) is 5.85. The van der Waals surface area contributed by atoms with Gasteiger partial charge in [-0.15, -0.1) is 0 Å². The van der Waals surface area contributed by atoms with Crippen LogP contribution >= 0.6 is 0 Å². The molecule has 0 aliphatic heterocycles. The van der Waals surface area contributed by atoms with Crippen molar-refractivity contribution in [3.05, 3.63) is 60.2 Å². The molecule has 0 saturated carbocycles. The Kier molecular flexibility index (Phi) is 10.4. The number of allylic oxidation sites excluding steroid dienone is 1. The van der Waals surface area contributed by atoms with Crippen LogP contribution < -0.4 is 27.3 Å². The van der Waals surface area contributed by atoms with Crippen molar-refractivity contribution in [3.63, 3.8) is 0 Å². The fraction of sp³-hybridized carbons (Fsp3) is 0.333. The monoisotopic (exact) mass is 620 g/mol. The van der Waals surface area contributed by atoms with Gasteiger partial charge in [0.05, 0.1) is 38.4 Å². The summed E-state index contributed by atoms with van der Waals surface area (Å²) in [6.07, 6.45) is 3.64. The second kappa shape index (κ2) is 13.4. The van der Waals surface area contributed by atoms with E-state index in [1.54, 1.807) is 36.4 Å². The maximum Gasteiger partial charge on any atom is 0.306 e. The molecule has 0 radical (unpaired) electrons. The minimum atomic E-state index is -4.03. The second-order valence-electron chi connectivity index (χ2n) is 9.88. The SMILES string of the molecule is COc1cc(-c2ccc(OS(C)(=O)=O)cc2)c(OC)c(OS(C)(=O)=O)c1-c1ccc(OCC=C(C)C)c(OC(C)C)c1. The van der Waals surface area contributed by atoms with Crippen molar-refractivity contribution in [3.8, 4) is 56.8 Å². The molecule has 0 N–H and O–H groups in total. The van der Waals surface area contributed by atoms with Crippen molar-refractivity contribution >= 4 is 20.2 Å². The highest BCUT2D eigenvalue weighted by Gasteiger charge is 2.27. The molecule has 3 aromatic rings. The average molecular weight is 621 g/mol. The van der Waals surface area contributed by atoms with E-state index in [9.17, 15) is 16.8 Å². The molecule has 0 unspecified atom stereocenters. The van der Waals surface area contributed by atoms with E-state index in [1.165, 1.54) is 26.4 Å². The van der Waals surface area contributed by atoms with Crippen LogP contribution in [-0.2, 0) is 20.2 Å². The fourth-order valence-electron chi connectivity index (χ4n) is 3.99. The third-order valence-corrected chi connectivity index (χ3v) is 6.56. The third-order valence-electron chi connectivity index (χ3n) is 5.60. The van der Waals surface area contributed by atoms with E-state index >= 15 is 0 Å². The van der Waals surface area contributed by atoms with Gasteiger partial charge in [0.15, 0.2) is 23.0 Å². The van der Waals surface area contributed by atoms with Crippen LogP contribution in [0.1, 0.15) is 27.7 Å². The van der Waals surface area contributed by atoms with Gasteiger partial charge < -0.3 is 27.3 Å². The van der Waals surface area contributed by atoms with E-state index in [1.807, 2.05) is 33.8 Å². The van der Waals surface area contributed by atoms with Gasteiger partial charge in [-0.3, -0.25) is 0 Å². The zero-order chi connectivity index (χ0) is 31.2. The Balaban J connectivity index is 2.27. The van der Waals surface area contributed by atoms with Crippen molar-refractivity contribution in [2.45, 2.75) is 33.8 Å². The molecule has 0 amide bonds. The van der Waals surface area contributed by atoms with Crippen molar-refractivity contribution in [1.29, 1.82) is 0 Å². The lowest BCUT2D eigenvalue weighted by atomic mass is 9.96. The summed E-state index contributed by atoms with van der Waals surface area (Å²) in [7, 11) is -4.91.